The van der Waals surface area contributed by atoms with Crippen LogP contribution in [0, 0.1) is 11.7 Å². The van der Waals surface area contributed by atoms with Gasteiger partial charge in [0, 0.05) is 12.6 Å². The number of aromatic nitrogens is 1. The van der Waals surface area contributed by atoms with Gasteiger partial charge in [0.15, 0.2) is 0 Å². The fraction of sp³-hybridized carbons (Fsp3) is 0.615. The smallest absolute Gasteiger partial charge is 0.141 e. The summed E-state index contributed by atoms with van der Waals surface area (Å²) in [6.45, 7) is 6.51. The van der Waals surface area contributed by atoms with E-state index in [2.05, 4.69) is 10.3 Å². The third-order valence-corrected chi connectivity index (χ3v) is 2.86. The summed E-state index contributed by atoms with van der Waals surface area (Å²) in [6.07, 6.45) is 1.70. The van der Waals surface area contributed by atoms with Crippen molar-refractivity contribution in [3.05, 3.63) is 29.8 Å². The van der Waals surface area contributed by atoms with Gasteiger partial charge < -0.3 is 10.4 Å². The van der Waals surface area contributed by atoms with Crippen LogP contribution in [-0.4, -0.2) is 22.7 Å². The van der Waals surface area contributed by atoms with E-state index >= 15 is 0 Å². The van der Waals surface area contributed by atoms with Gasteiger partial charge in [-0.1, -0.05) is 20.8 Å². The summed E-state index contributed by atoms with van der Waals surface area (Å²) in [5, 5.41) is 13.0. The van der Waals surface area contributed by atoms with E-state index in [-0.39, 0.29) is 23.9 Å². The summed E-state index contributed by atoms with van der Waals surface area (Å²) in [4.78, 5) is 4.05. The highest BCUT2D eigenvalue weighted by atomic mass is 19.1. The van der Waals surface area contributed by atoms with Gasteiger partial charge in [-0.15, -0.1) is 0 Å². The first-order chi connectivity index (χ1) is 8.04. The minimum Gasteiger partial charge on any atom is -0.392 e. The van der Waals surface area contributed by atoms with E-state index < -0.39 is 0 Å². The second-order valence-corrected chi connectivity index (χ2v) is 4.58. The molecule has 0 amide bonds. The van der Waals surface area contributed by atoms with Crippen LogP contribution in [0.1, 0.15) is 38.9 Å². The zero-order chi connectivity index (χ0) is 12.8. The molecule has 0 aliphatic carbocycles. The van der Waals surface area contributed by atoms with E-state index in [4.69, 9.17) is 0 Å². The minimum absolute atomic E-state index is 0.0593. The summed E-state index contributed by atoms with van der Waals surface area (Å²) >= 11 is 0. The van der Waals surface area contributed by atoms with Gasteiger partial charge in [-0.25, -0.2) is 4.39 Å². The van der Waals surface area contributed by atoms with E-state index in [1.54, 1.807) is 6.07 Å². The zero-order valence-corrected chi connectivity index (χ0v) is 10.7. The lowest BCUT2D eigenvalue weighted by Crippen LogP contribution is -2.33. The predicted molar refractivity (Wildman–Crippen MR) is 66.1 cm³/mol. The second kappa shape index (κ2) is 6.67. The molecule has 4 heteroatoms. The van der Waals surface area contributed by atoms with Crippen LogP contribution < -0.4 is 5.32 Å². The van der Waals surface area contributed by atoms with Crippen molar-refractivity contribution in [1.29, 1.82) is 0 Å². The van der Waals surface area contributed by atoms with Crippen LogP contribution in [0.25, 0.3) is 0 Å². The van der Waals surface area contributed by atoms with Crippen molar-refractivity contribution < 1.29 is 9.50 Å². The van der Waals surface area contributed by atoms with Gasteiger partial charge in [0.1, 0.15) is 5.82 Å². The molecule has 1 aromatic heterocycles. The molecular weight excluding hydrogens is 219 g/mol. The molecule has 0 bridgehead atoms. The lowest BCUT2D eigenvalue weighted by atomic mass is 10.1. The Labute approximate surface area is 102 Å². The van der Waals surface area contributed by atoms with Crippen LogP contribution in [0.15, 0.2) is 18.3 Å². The zero-order valence-electron chi connectivity index (χ0n) is 10.7. The van der Waals surface area contributed by atoms with Crippen molar-refractivity contribution in [2.75, 3.05) is 6.54 Å². The summed E-state index contributed by atoms with van der Waals surface area (Å²) in [7, 11) is 0. The Morgan fingerprint density at radius 3 is 2.59 bits per heavy atom. The van der Waals surface area contributed by atoms with E-state index in [0.29, 0.717) is 6.54 Å². The molecule has 0 aliphatic heterocycles. The minimum atomic E-state index is -0.371. The van der Waals surface area contributed by atoms with Gasteiger partial charge in [-0.05, 0) is 24.5 Å². The van der Waals surface area contributed by atoms with Gasteiger partial charge in [-0.2, -0.15) is 0 Å². The average molecular weight is 240 g/mol. The van der Waals surface area contributed by atoms with Crippen LogP contribution in [0.3, 0.4) is 0 Å². The van der Waals surface area contributed by atoms with Crippen molar-refractivity contribution >= 4 is 0 Å². The molecule has 2 atom stereocenters. The van der Waals surface area contributed by atoms with Gasteiger partial charge in [0.2, 0.25) is 0 Å². The van der Waals surface area contributed by atoms with E-state index in [0.717, 1.165) is 12.1 Å². The predicted octanol–water partition coefficient (Wildman–Crippen LogP) is 2.28. The Morgan fingerprint density at radius 1 is 1.41 bits per heavy atom. The third kappa shape index (κ3) is 4.40. The van der Waals surface area contributed by atoms with Crippen molar-refractivity contribution in [3.63, 3.8) is 0 Å². The molecule has 2 N–H and O–H groups in total. The van der Waals surface area contributed by atoms with Crippen molar-refractivity contribution in [2.24, 2.45) is 5.92 Å². The summed E-state index contributed by atoms with van der Waals surface area (Å²) < 4.78 is 12.8. The maximum atomic E-state index is 12.8. The lowest BCUT2D eigenvalue weighted by molar-refractivity contribution is 0.119. The molecule has 0 spiro atoms. The molecule has 96 valence electrons. The number of hydrogen-bond donors (Lipinski definition) is 2. The second-order valence-electron chi connectivity index (χ2n) is 4.58. The molecule has 1 aromatic rings. The average Bonchev–Trinajstić information content (AvgIpc) is 2.31. The number of aliphatic hydroxyl groups excluding tert-OH is 1. The van der Waals surface area contributed by atoms with Crippen LogP contribution in [0.2, 0.25) is 0 Å². The van der Waals surface area contributed by atoms with Crippen molar-refractivity contribution in [1.82, 2.24) is 10.3 Å². The van der Waals surface area contributed by atoms with Crippen molar-refractivity contribution in [2.45, 2.75) is 39.3 Å². The highest BCUT2D eigenvalue weighted by Gasteiger charge is 2.14. The maximum absolute atomic E-state index is 12.8. The standard InChI is InChI=1S/C13H21FN2O/c1-4-11(16-8-13(17)9(2)3)12-6-5-10(14)7-15-12/h5-7,9,11,13,16-17H,4,8H2,1-3H3. The fourth-order valence-electron chi connectivity index (χ4n) is 1.55. The maximum Gasteiger partial charge on any atom is 0.141 e. The SMILES string of the molecule is CCC(NCC(O)C(C)C)c1ccc(F)cn1. The highest BCUT2D eigenvalue weighted by Crippen LogP contribution is 2.14. The number of halogens is 1. The fourth-order valence-corrected chi connectivity index (χ4v) is 1.55. The number of pyridine rings is 1. The van der Waals surface area contributed by atoms with Gasteiger partial charge in [0.05, 0.1) is 18.0 Å². The molecule has 0 fully saturated rings. The normalized spacial score (nSPS) is 14.9. The van der Waals surface area contributed by atoms with Crippen molar-refractivity contribution in [3.8, 4) is 0 Å². The number of nitrogens with one attached hydrogen (secondary N) is 1. The Morgan fingerprint density at radius 2 is 2.12 bits per heavy atom. The van der Waals surface area contributed by atoms with E-state index in [1.807, 2.05) is 20.8 Å². The van der Waals surface area contributed by atoms with Gasteiger partial charge in [-0.3, -0.25) is 4.98 Å². The molecule has 2 unspecified atom stereocenters. The van der Waals surface area contributed by atoms with Crippen LogP contribution in [-0.2, 0) is 0 Å². The molecular formula is C13H21FN2O. The molecule has 0 radical (unpaired) electrons. The number of nitrogens with zero attached hydrogens (tertiary/aromatic N) is 1. The van der Waals surface area contributed by atoms with E-state index in [1.165, 1.54) is 12.3 Å². The first-order valence-electron chi connectivity index (χ1n) is 6.07. The summed E-state index contributed by atoms with van der Waals surface area (Å²) in [5.41, 5.74) is 0.810. The number of rotatable bonds is 6. The third-order valence-electron chi connectivity index (χ3n) is 2.86. The topological polar surface area (TPSA) is 45.1 Å². The highest BCUT2D eigenvalue weighted by molar-refractivity contribution is 5.09. The largest absolute Gasteiger partial charge is 0.392 e. The molecule has 17 heavy (non-hydrogen) atoms. The first kappa shape index (κ1) is 14.1. The monoisotopic (exact) mass is 240 g/mol. The van der Waals surface area contributed by atoms with Crippen LogP contribution in [0.5, 0.6) is 0 Å². The molecule has 0 aromatic carbocycles. The Hall–Kier alpha value is -1.00. The first-order valence-corrected chi connectivity index (χ1v) is 6.07. The van der Waals surface area contributed by atoms with Crippen LogP contribution >= 0.6 is 0 Å². The number of hydrogen-bond acceptors (Lipinski definition) is 3. The number of aliphatic hydroxyl groups is 1. The van der Waals surface area contributed by atoms with E-state index in [9.17, 15) is 9.50 Å². The Bertz CT molecular complexity index is 327. The molecule has 3 nitrogen and oxygen atoms in total. The molecule has 0 aliphatic rings. The molecule has 1 rings (SSSR count). The Balaban J connectivity index is 2.57. The van der Waals surface area contributed by atoms with Gasteiger partial charge in [0.25, 0.3) is 0 Å². The molecule has 0 saturated heterocycles. The van der Waals surface area contributed by atoms with Gasteiger partial charge >= 0.3 is 0 Å². The molecule has 1 heterocycles. The summed E-state index contributed by atoms with van der Waals surface area (Å²) in [5.74, 6) is -0.105. The van der Waals surface area contributed by atoms with Crippen LogP contribution in [0.4, 0.5) is 4.39 Å². The molecule has 0 saturated carbocycles. The summed E-state index contributed by atoms with van der Waals surface area (Å²) in [6, 6.07) is 3.15. The Kier molecular flexibility index (Phi) is 5.51. The lowest BCUT2D eigenvalue weighted by Gasteiger charge is -2.20. The quantitative estimate of drug-likeness (QED) is 0.802.